The standard InChI is InChI=1S/C20H23N5O4S/c1-20(27)11-24(12-20)30(28,29)15-6-4-14(5-7-15)22-18-17-16(8-9-21-19(17)26)25(23-18)10-13-2-3-13/h4-9,13,27H,2-3,10-12H2,1H3,(H,21,26)(H,22,23). The number of anilines is 2. The van der Waals surface area contributed by atoms with Gasteiger partial charge in [-0.1, -0.05) is 0 Å². The molecule has 5 rings (SSSR count). The Morgan fingerprint density at radius 3 is 2.57 bits per heavy atom. The van der Waals surface area contributed by atoms with Crippen LogP contribution in [0, 0.1) is 5.92 Å². The molecule has 0 unspecified atom stereocenters. The molecule has 0 spiro atoms. The highest BCUT2D eigenvalue weighted by atomic mass is 32.2. The lowest BCUT2D eigenvalue weighted by molar-refractivity contribution is -0.0426. The highest BCUT2D eigenvalue weighted by molar-refractivity contribution is 7.89. The van der Waals surface area contributed by atoms with Crippen LogP contribution in [0.2, 0.25) is 0 Å². The van der Waals surface area contributed by atoms with E-state index in [1.54, 1.807) is 25.3 Å². The molecule has 3 N–H and O–H groups in total. The van der Waals surface area contributed by atoms with E-state index in [-0.39, 0.29) is 23.5 Å². The van der Waals surface area contributed by atoms with Crippen LogP contribution in [-0.4, -0.2) is 51.3 Å². The van der Waals surface area contributed by atoms with Gasteiger partial charge in [-0.2, -0.15) is 9.40 Å². The van der Waals surface area contributed by atoms with Crippen molar-refractivity contribution in [3.05, 3.63) is 46.9 Å². The molecule has 2 aromatic heterocycles. The first-order valence-electron chi connectivity index (χ1n) is 9.91. The Bertz CT molecular complexity index is 1260. The number of nitrogens with zero attached hydrogens (tertiary/aromatic N) is 3. The highest BCUT2D eigenvalue weighted by Gasteiger charge is 2.43. The maximum atomic E-state index is 12.6. The van der Waals surface area contributed by atoms with Crippen LogP contribution in [0.5, 0.6) is 0 Å². The predicted molar refractivity (Wildman–Crippen MR) is 112 cm³/mol. The Kier molecular flexibility index (Phi) is 4.28. The van der Waals surface area contributed by atoms with E-state index in [0.29, 0.717) is 22.8 Å². The Morgan fingerprint density at radius 2 is 1.93 bits per heavy atom. The number of fused-ring (bicyclic) bond motifs is 1. The minimum absolute atomic E-state index is 0.0858. The van der Waals surface area contributed by atoms with Crippen LogP contribution in [0.3, 0.4) is 0 Å². The van der Waals surface area contributed by atoms with Crippen molar-refractivity contribution in [1.82, 2.24) is 19.1 Å². The van der Waals surface area contributed by atoms with Gasteiger partial charge in [0.1, 0.15) is 5.39 Å². The molecule has 30 heavy (non-hydrogen) atoms. The molecule has 158 valence electrons. The average Bonchev–Trinajstić information content (AvgIpc) is 3.42. The molecule has 3 heterocycles. The number of β-amino-alcohol motifs (C(OH)–C–C–N with tert-alkyl or cyclic N) is 1. The van der Waals surface area contributed by atoms with Gasteiger partial charge in [-0.05, 0) is 56.0 Å². The minimum atomic E-state index is -3.64. The average molecular weight is 430 g/mol. The van der Waals surface area contributed by atoms with Crippen molar-refractivity contribution in [2.75, 3.05) is 18.4 Å². The van der Waals surface area contributed by atoms with Crippen molar-refractivity contribution in [3.63, 3.8) is 0 Å². The fraction of sp³-hybridized carbons (Fsp3) is 0.400. The topological polar surface area (TPSA) is 120 Å². The molecule has 10 heteroatoms. The fourth-order valence-electron chi connectivity index (χ4n) is 3.79. The van der Waals surface area contributed by atoms with Gasteiger partial charge in [0, 0.05) is 31.5 Å². The third kappa shape index (κ3) is 3.40. The maximum Gasteiger partial charge on any atom is 0.261 e. The Balaban J connectivity index is 1.41. The van der Waals surface area contributed by atoms with Gasteiger partial charge < -0.3 is 15.4 Å². The van der Waals surface area contributed by atoms with Crippen LogP contribution in [0.4, 0.5) is 11.5 Å². The van der Waals surface area contributed by atoms with E-state index >= 15 is 0 Å². The lowest BCUT2D eigenvalue weighted by atomic mass is 10.0. The van der Waals surface area contributed by atoms with E-state index in [4.69, 9.17) is 0 Å². The number of H-pyrrole nitrogens is 1. The zero-order valence-corrected chi connectivity index (χ0v) is 17.3. The summed E-state index contributed by atoms with van der Waals surface area (Å²) in [5, 5.41) is 18.0. The molecule has 3 aromatic rings. The van der Waals surface area contributed by atoms with E-state index in [2.05, 4.69) is 15.4 Å². The number of hydrogen-bond donors (Lipinski definition) is 3. The first kappa shape index (κ1) is 19.3. The Morgan fingerprint density at radius 1 is 1.23 bits per heavy atom. The van der Waals surface area contributed by atoms with Gasteiger partial charge in [-0.25, -0.2) is 8.42 Å². The van der Waals surface area contributed by atoms with Crippen LogP contribution in [0.1, 0.15) is 19.8 Å². The minimum Gasteiger partial charge on any atom is -0.387 e. The smallest absolute Gasteiger partial charge is 0.261 e. The molecule has 9 nitrogen and oxygen atoms in total. The summed E-state index contributed by atoms with van der Waals surface area (Å²) in [5.41, 5.74) is 0.214. The Hall–Kier alpha value is -2.69. The van der Waals surface area contributed by atoms with Gasteiger partial charge in [0.05, 0.1) is 16.0 Å². The molecule has 0 bridgehead atoms. The SMILES string of the molecule is CC1(O)CN(S(=O)(=O)c2ccc(Nc3nn(CC4CC4)c4cc[nH]c(=O)c34)cc2)C1. The monoisotopic (exact) mass is 429 g/mol. The molecule has 2 fully saturated rings. The number of nitrogens with one attached hydrogen (secondary N) is 2. The van der Waals surface area contributed by atoms with Crippen LogP contribution in [-0.2, 0) is 16.6 Å². The quantitative estimate of drug-likeness (QED) is 0.548. The summed E-state index contributed by atoms with van der Waals surface area (Å²) in [4.78, 5) is 15.3. The lowest BCUT2D eigenvalue weighted by Crippen LogP contribution is -2.61. The Labute approximate surface area is 173 Å². The van der Waals surface area contributed by atoms with Gasteiger partial charge in [-0.3, -0.25) is 9.48 Å². The van der Waals surface area contributed by atoms with Gasteiger partial charge in [-0.15, -0.1) is 0 Å². The third-order valence-electron chi connectivity index (χ3n) is 5.59. The van der Waals surface area contributed by atoms with Gasteiger partial charge in [0.2, 0.25) is 10.0 Å². The molecule has 0 atom stereocenters. The van der Waals surface area contributed by atoms with Gasteiger partial charge in [0.25, 0.3) is 5.56 Å². The van der Waals surface area contributed by atoms with Crippen LogP contribution >= 0.6 is 0 Å². The number of pyridine rings is 1. The number of aliphatic hydroxyl groups is 1. The molecular weight excluding hydrogens is 406 g/mol. The number of hydrogen-bond acceptors (Lipinski definition) is 6. The van der Waals surface area contributed by atoms with Gasteiger partial charge in [0.15, 0.2) is 5.82 Å². The molecule has 0 radical (unpaired) electrons. The van der Waals surface area contributed by atoms with Gasteiger partial charge >= 0.3 is 0 Å². The fourth-order valence-corrected chi connectivity index (χ4v) is 5.46. The molecule has 2 aliphatic rings. The summed E-state index contributed by atoms with van der Waals surface area (Å²) < 4.78 is 28.4. The van der Waals surface area contributed by atoms with E-state index in [9.17, 15) is 18.3 Å². The normalized spacial score (nSPS) is 19.0. The summed E-state index contributed by atoms with van der Waals surface area (Å²) >= 11 is 0. The third-order valence-corrected chi connectivity index (χ3v) is 7.40. The zero-order chi connectivity index (χ0) is 21.1. The number of rotatable bonds is 6. The summed E-state index contributed by atoms with van der Waals surface area (Å²) in [6.07, 6.45) is 3.97. The van der Waals surface area contributed by atoms with Crippen molar-refractivity contribution < 1.29 is 13.5 Å². The number of aromatic amines is 1. The second kappa shape index (κ2) is 6.66. The second-order valence-corrected chi connectivity index (χ2v) is 10.4. The first-order chi connectivity index (χ1) is 14.2. The van der Waals surface area contributed by atoms with Crippen molar-refractivity contribution in [2.24, 2.45) is 5.92 Å². The summed E-state index contributed by atoms with van der Waals surface area (Å²) in [6.45, 7) is 2.56. The maximum absolute atomic E-state index is 12.6. The van der Waals surface area contributed by atoms with Crippen LogP contribution < -0.4 is 10.9 Å². The summed E-state index contributed by atoms with van der Waals surface area (Å²) in [6, 6.07) is 8.16. The van der Waals surface area contributed by atoms with Crippen LogP contribution in [0.25, 0.3) is 10.9 Å². The predicted octanol–water partition coefficient (Wildman–Crippen LogP) is 1.63. The largest absolute Gasteiger partial charge is 0.387 e. The van der Waals surface area contributed by atoms with E-state index in [0.717, 1.165) is 12.1 Å². The molecule has 1 aliphatic heterocycles. The van der Waals surface area contributed by atoms with Crippen molar-refractivity contribution in [1.29, 1.82) is 0 Å². The first-order valence-corrected chi connectivity index (χ1v) is 11.3. The number of sulfonamides is 1. The zero-order valence-electron chi connectivity index (χ0n) is 16.5. The van der Waals surface area contributed by atoms with E-state index < -0.39 is 15.6 Å². The van der Waals surface area contributed by atoms with Crippen molar-refractivity contribution in [3.8, 4) is 0 Å². The molecule has 1 aromatic carbocycles. The van der Waals surface area contributed by atoms with Crippen LogP contribution in [0.15, 0.2) is 46.2 Å². The van der Waals surface area contributed by atoms with E-state index in [1.165, 1.54) is 29.3 Å². The lowest BCUT2D eigenvalue weighted by Gasteiger charge is -2.42. The number of benzene rings is 1. The molecule has 1 saturated carbocycles. The molecule has 0 amide bonds. The summed E-state index contributed by atoms with van der Waals surface area (Å²) in [7, 11) is -3.64. The van der Waals surface area contributed by atoms with Crippen molar-refractivity contribution in [2.45, 2.75) is 36.8 Å². The second-order valence-electron chi connectivity index (χ2n) is 8.46. The van der Waals surface area contributed by atoms with E-state index in [1.807, 2.05) is 10.7 Å². The van der Waals surface area contributed by atoms with Crippen molar-refractivity contribution >= 4 is 32.4 Å². The highest BCUT2D eigenvalue weighted by Crippen LogP contribution is 2.33. The number of aromatic nitrogens is 3. The summed E-state index contributed by atoms with van der Waals surface area (Å²) in [5.74, 6) is 1.05. The molecular formula is C20H23N5O4S. The molecule has 1 aliphatic carbocycles. The molecule has 1 saturated heterocycles.